The molecule has 0 aromatic heterocycles. The summed E-state index contributed by atoms with van der Waals surface area (Å²) in [5.74, 6) is -0.267. The maximum atomic E-state index is 13.6. The van der Waals surface area contributed by atoms with Crippen LogP contribution in [0.25, 0.3) is 0 Å². The van der Waals surface area contributed by atoms with Crippen molar-refractivity contribution in [2.45, 2.75) is 6.61 Å². The quantitative estimate of drug-likeness (QED) is 0.617. The van der Waals surface area contributed by atoms with Gasteiger partial charge in [-0.15, -0.1) is 0 Å². The highest BCUT2D eigenvalue weighted by Crippen LogP contribution is 2.27. The molecule has 0 N–H and O–H groups in total. The molecule has 2 aromatic carbocycles. The second-order valence-corrected chi connectivity index (χ2v) is 5.02. The molecule has 0 fully saturated rings. The van der Waals surface area contributed by atoms with Crippen LogP contribution in [0.2, 0.25) is 0 Å². The summed E-state index contributed by atoms with van der Waals surface area (Å²) in [4.78, 5) is 10.2. The molecule has 0 heterocycles. The number of nitro benzene ring substituents is 1. The van der Waals surface area contributed by atoms with E-state index in [0.717, 1.165) is 0 Å². The first-order valence-corrected chi connectivity index (χ1v) is 6.55. The molecule has 0 aliphatic heterocycles. The molecule has 0 spiro atoms. The van der Waals surface area contributed by atoms with Gasteiger partial charge in [-0.25, -0.2) is 4.39 Å². The van der Waals surface area contributed by atoms with Crippen molar-refractivity contribution in [2.75, 3.05) is 0 Å². The van der Waals surface area contributed by atoms with Crippen molar-refractivity contribution in [1.82, 2.24) is 0 Å². The average Bonchev–Trinajstić information content (AvgIpc) is 2.46. The molecule has 0 saturated heterocycles. The molecule has 0 aliphatic rings. The Morgan fingerprint density at radius 1 is 1.33 bits per heavy atom. The smallest absolute Gasteiger partial charge is 0.274 e. The monoisotopic (exact) mass is 350 g/mol. The van der Waals surface area contributed by atoms with Crippen molar-refractivity contribution in [2.24, 2.45) is 0 Å². The van der Waals surface area contributed by atoms with Gasteiger partial charge in [-0.2, -0.15) is 5.26 Å². The Balaban J connectivity index is 2.20. The summed E-state index contributed by atoms with van der Waals surface area (Å²) in [5, 5.41) is 19.5. The number of rotatable bonds is 4. The summed E-state index contributed by atoms with van der Waals surface area (Å²) >= 11 is 3.14. The SMILES string of the molecule is N#Cc1ccc(F)c(COc2cc(Br)cc([N+](=O)[O-])c2)c1. The highest BCUT2D eigenvalue weighted by atomic mass is 79.9. The van der Waals surface area contributed by atoms with Gasteiger partial charge in [-0.1, -0.05) is 15.9 Å². The standard InChI is InChI=1S/C14H8BrFN2O3/c15-11-4-12(18(19)20)6-13(5-11)21-8-10-3-9(7-17)1-2-14(10)16/h1-6H,8H2. The van der Waals surface area contributed by atoms with Gasteiger partial charge in [0.1, 0.15) is 18.2 Å². The van der Waals surface area contributed by atoms with Crippen molar-refractivity contribution in [3.05, 3.63) is 67.9 Å². The van der Waals surface area contributed by atoms with Gasteiger partial charge in [0.05, 0.1) is 22.6 Å². The Bertz CT molecular complexity index is 743. The van der Waals surface area contributed by atoms with Crippen LogP contribution in [-0.2, 0) is 6.61 Å². The molecule has 0 unspecified atom stereocenters. The molecule has 0 bridgehead atoms. The van der Waals surface area contributed by atoms with Crippen LogP contribution in [0.4, 0.5) is 10.1 Å². The molecule has 2 rings (SSSR count). The van der Waals surface area contributed by atoms with E-state index in [0.29, 0.717) is 10.0 Å². The Morgan fingerprint density at radius 3 is 2.76 bits per heavy atom. The van der Waals surface area contributed by atoms with E-state index in [-0.39, 0.29) is 23.6 Å². The molecule has 106 valence electrons. The maximum Gasteiger partial charge on any atom is 0.274 e. The van der Waals surface area contributed by atoms with Gasteiger partial charge in [0.25, 0.3) is 5.69 Å². The summed E-state index contributed by atoms with van der Waals surface area (Å²) in [6.07, 6.45) is 0. The second kappa shape index (κ2) is 6.33. The minimum absolute atomic E-state index is 0.130. The van der Waals surface area contributed by atoms with Crippen molar-refractivity contribution >= 4 is 21.6 Å². The highest BCUT2D eigenvalue weighted by molar-refractivity contribution is 9.10. The number of benzene rings is 2. The Morgan fingerprint density at radius 2 is 2.10 bits per heavy atom. The van der Waals surface area contributed by atoms with Crippen molar-refractivity contribution in [3.63, 3.8) is 0 Å². The number of nitro groups is 1. The van der Waals surface area contributed by atoms with Crippen molar-refractivity contribution in [3.8, 4) is 11.8 Å². The summed E-state index contributed by atoms with van der Waals surface area (Å²) in [7, 11) is 0. The predicted octanol–water partition coefficient (Wildman–Crippen LogP) is 3.95. The number of nitrogens with zero attached hydrogens (tertiary/aromatic N) is 2. The lowest BCUT2D eigenvalue weighted by Crippen LogP contribution is -2.00. The summed E-state index contributed by atoms with van der Waals surface area (Å²) in [6, 6.07) is 9.95. The zero-order chi connectivity index (χ0) is 15.4. The van der Waals surface area contributed by atoms with Crippen LogP contribution in [0, 0.1) is 27.3 Å². The van der Waals surface area contributed by atoms with Gasteiger partial charge in [0, 0.05) is 16.1 Å². The Kier molecular flexibility index (Phi) is 4.50. The molecule has 0 amide bonds. The van der Waals surface area contributed by atoms with Crippen LogP contribution >= 0.6 is 15.9 Å². The van der Waals surface area contributed by atoms with E-state index in [1.165, 1.54) is 30.3 Å². The molecule has 7 heteroatoms. The predicted molar refractivity (Wildman–Crippen MR) is 76.2 cm³/mol. The van der Waals surface area contributed by atoms with Crippen LogP contribution < -0.4 is 4.74 Å². The molecule has 0 aliphatic carbocycles. The number of hydrogen-bond donors (Lipinski definition) is 0. The molecular weight excluding hydrogens is 343 g/mol. The van der Waals surface area contributed by atoms with Crippen molar-refractivity contribution in [1.29, 1.82) is 5.26 Å². The van der Waals surface area contributed by atoms with E-state index in [2.05, 4.69) is 15.9 Å². The molecular formula is C14H8BrFN2O3. The molecule has 0 radical (unpaired) electrons. The fourth-order valence-electron chi connectivity index (χ4n) is 1.65. The Labute approximate surface area is 127 Å². The normalized spacial score (nSPS) is 9.95. The number of ether oxygens (including phenoxy) is 1. The lowest BCUT2D eigenvalue weighted by atomic mass is 10.1. The maximum absolute atomic E-state index is 13.6. The first kappa shape index (κ1) is 14.9. The van der Waals surface area contributed by atoms with Gasteiger partial charge in [0.15, 0.2) is 0 Å². The van der Waals surface area contributed by atoms with E-state index in [4.69, 9.17) is 10.00 Å². The third-order valence-electron chi connectivity index (χ3n) is 2.64. The van der Waals surface area contributed by atoms with E-state index >= 15 is 0 Å². The van der Waals surface area contributed by atoms with Gasteiger partial charge >= 0.3 is 0 Å². The van der Waals surface area contributed by atoms with Gasteiger partial charge < -0.3 is 4.74 Å². The third-order valence-corrected chi connectivity index (χ3v) is 3.09. The van der Waals surface area contributed by atoms with Gasteiger partial charge in [-0.05, 0) is 24.3 Å². The van der Waals surface area contributed by atoms with E-state index in [9.17, 15) is 14.5 Å². The lowest BCUT2D eigenvalue weighted by molar-refractivity contribution is -0.385. The van der Waals surface area contributed by atoms with E-state index < -0.39 is 10.7 Å². The van der Waals surface area contributed by atoms with E-state index in [1.54, 1.807) is 6.07 Å². The fraction of sp³-hybridized carbons (Fsp3) is 0.0714. The second-order valence-electron chi connectivity index (χ2n) is 4.11. The zero-order valence-corrected chi connectivity index (χ0v) is 12.1. The lowest BCUT2D eigenvalue weighted by Gasteiger charge is -2.08. The van der Waals surface area contributed by atoms with Gasteiger partial charge in [-0.3, -0.25) is 10.1 Å². The third kappa shape index (κ3) is 3.77. The summed E-state index contributed by atoms with van der Waals surface area (Å²) in [6.45, 7) is -0.130. The number of nitriles is 1. The van der Waals surface area contributed by atoms with Crippen LogP contribution in [0.15, 0.2) is 40.9 Å². The number of halogens is 2. The average molecular weight is 351 g/mol. The highest BCUT2D eigenvalue weighted by Gasteiger charge is 2.11. The molecule has 0 atom stereocenters. The molecule has 0 saturated carbocycles. The fourth-order valence-corrected chi connectivity index (χ4v) is 2.11. The summed E-state index contributed by atoms with van der Waals surface area (Å²) in [5.41, 5.74) is 0.387. The van der Waals surface area contributed by atoms with Crippen LogP contribution in [0.3, 0.4) is 0 Å². The molecule has 5 nitrogen and oxygen atoms in total. The number of hydrogen-bond acceptors (Lipinski definition) is 4. The van der Waals surface area contributed by atoms with Crippen LogP contribution in [0.5, 0.6) is 5.75 Å². The minimum atomic E-state index is -0.547. The molecule has 21 heavy (non-hydrogen) atoms. The van der Waals surface area contributed by atoms with Crippen molar-refractivity contribution < 1.29 is 14.1 Å². The first-order chi connectivity index (χ1) is 9.99. The molecule has 2 aromatic rings. The number of non-ortho nitro benzene ring substituents is 1. The largest absolute Gasteiger partial charge is 0.488 e. The van der Waals surface area contributed by atoms with Crippen LogP contribution in [0.1, 0.15) is 11.1 Å². The Hall–Kier alpha value is -2.46. The first-order valence-electron chi connectivity index (χ1n) is 5.76. The minimum Gasteiger partial charge on any atom is -0.488 e. The topological polar surface area (TPSA) is 76.2 Å². The zero-order valence-electron chi connectivity index (χ0n) is 10.5. The summed E-state index contributed by atoms with van der Waals surface area (Å²) < 4.78 is 19.4. The van der Waals surface area contributed by atoms with E-state index in [1.807, 2.05) is 6.07 Å². The van der Waals surface area contributed by atoms with Gasteiger partial charge in [0.2, 0.25) is 0 Å². The van der Waals surface area contributed by atoms with Crippen LogP contribution in [-0.4, -0.2) is 4.92 Å².